The summed E-state index contributed by atoms with van der Waals surface area (Å²) in [6.07, 6.45) is 1.56. The topological polar surface area (TPSA) is 26.3 Å². The Labute approximate surface area is 82.1 Å². The smallest absolute Gasteiger partial charge is 0.320 e. The largest absolute Gasteiger partial charge is 0.461 e. The first-order chi connectivity index (χ1) is 5.39. The maximum atomic E-state index is 11.2. The number of carbonyl (C=O) groups is 1. The fourth-order valence-electron chi connectivity index (χ4n) is 0.568. The van der Waals surface area contributed by atoms with Crippen LogP contribution in [-0.2, 0) is 9.53 Å². The molecular weight excluding hydrogens is 220 g/mol. The van der Waals surface area contributed by atoms with Gasteiger partial charge in [0.2, 0.25) is 0 Å². The molecule has 0 fully saturated rings. The molecule has 0 aromatic rings. The van der Waals surface area contributed by atoms with Gasteiger partial charge in [-0.15, -0.1) is 0 Å². The minimum absolute atomic E-state index is 0.113. The summed E-state index contributed by atoms with van der Waals surface area (Å²) in [5.74, 6) is -0.234. The zero-order chi connectivity index (χ0) is 9.78. The van der Waals surface area contributed by atoms with Crippen molar-refractivity contribution >= 4 is 21.9 Å². The molecule has 0 aromatic heterocycles. The highest BCUT2D eigenvalue weighted by molar-refractivity contribution is 9.10. The average Bonchev–Trinajstić information content (AvgIpc) is 1.97. The maximum Gasteiger partial charge on any atom is 0.320 e. The fourth-order valence-corrected chi connectivity index (χ4v) is 0.700. The number of hydrogen-bond acceptors (Lipinski definition) is 2. The van der Waals surface area contributed by atoms with Gasteiger partial charge in [0, 0.05) is 0 Å². The van der Waals surface area contributed by atoms with E-state index >= 15 is 0 Å². The molecule has 0 spiro atoms. The van der Waals surface area contributed by atoms with Gasteiger partial charge < -0.3 is 4.74 Å². The zero-order valence-electron chi connectivity index (χ0n) is 7.76. The Morgan fingerprint density at radius 3 is 2.50 bits per heavy atom. The molecule has 70 valence electrons. The molecular formula is C9H15BrO2. The highest BCUT2D eigenvalue weighted by Crippen LogP contribution is 2.26. The van der Waals surface area contributed by atoms with Crippen molar-refractivity contribution in [3.8, 4) is 0 Å². The number of carbonyl (C=O) groups excluding carboxylic acids is 1. The maximum absolute atomic E-state index is 11.2. The standard InChI is InChI=1S/C9H15BrO2/c1-5-6-12-8(11)7(10)9(2,3)4/h5,7H,1,6H2,2-4H3. The van der Waals surface area contributed by atoms with E-state index in [0.29, 0.717) is 0 Å². The van der Waals surface area contributed by atoms with Gasteiger partial charge in [0.05, 0.1) is 0 Å². The second kappa shape index (κ2) is 4.65. The number of alkyl halides is 1. The van der Waals surface area contributed by atoms with E-state index in [1.807, 2.05) is 20.8 Å². The van der Waals surface area contributed by atoms with Crippen LogP contribution in [0.15, 0.2) is 12.7 Å². The molecule has 0 rings (SSSR count). The summed E-state index contributed by atoms with van der Waals surface area (Å²) >= 11 is 3.29. The molecule has 1 unspecified atom stereocenters. The minimum atomic E-state index is -0.259. The number of rotatable bonds is 3. The highest BCUT2D eigenvalue weighted by atomic mass is 79.9. The first-order valence-corrected chi connectivity index (χ1v) is 4.72. The molecule has 0 heterocycles. The van der Waals surface area contributed by atoms with Gasteiger partial charge in [-0.2, -0.15) is 0 Å². The summed E-state index contributed by atoms with van der Waals surface area (Å²) in [6.45, 7) is 9.66. The molecule has 12 heavy (non-hydrogen) atoms. The van der Waals surface area contributed by atoms with Crippen LogP contribution in [0.25, 0.3) is 0 Å². The van der Waals surface area contributed by atoms with Crippen molar-refractivity contribution in [2.45, 2.75) is 25.6 Å². The fraction of sp³-hybridized carbons (Fsp3) is 0.667. The summed E-state index contributed by atoms with van der Waals surface area (Å²) in [5.41, 5.74) is -0.113. The normalized spacial score (nSPS) is 13.7. The van der Waals surface area contributed by atoms with Crippen molar-refractivity contribution < 1.29 is 9.53 Å². The molecule has 0 radical (unpaired) electrons. The lowest BCUT2D eigenvalue weighted by atomic mass is 9.92. The highest BCUT2D eigenvalue weighted by Gasteiger charge is 2.29. The van der Waals surface area contributed by atoms with Gasteiger partial charge in [-0.3, -0.25) is 4.79 Å². The molecule has 0 amide bonds. The van der Waals surface area contributed by atoms with Crippen LogP contribution < -0.4 is 0 Å². The lowest BCUT2D eigenvalue weighted by Gasteiger charge is -2.23. The van der Waals surface area contributed by atoms with Gasteiger partial charge in [0.15, 0.2) is 0 Å². The van der Waals surface area contributed by atoms with E-state index in [4.69, 9.17) is 4.74 Å². The van der Waals surface area contributed by atoms with Crippen LogP contribution in [0.1, 0.15) is 20.8 Å². The van der Waals surface area contributed by atoms with Crippen molar-refractivity contribution in [3.05, 3.63) is 12.7 Å². The number of ether oxygens (including phenoxy) is 1. The molecule has 0 saturated heterocycles. The van der Waals surface area contributed by atoms with Crippen molar-refractivity contribution in [1.29, 1.82) is 0 Å². The second-order valence-electron chi connectivity index (χ2n) is 3.65. The Balaban J connectivity index is 4.02. The van der Waals surface area contributed by atoms with Crippen LogP contribution in [0.2, 0.25) is 0 Å². The summed E-state index contributed by atoms with van der Waals surface area (Å²) in [4.78, 5) is 11.0. The summed E-state index contributed by atoms with van der Waals surface area (Å²) < 4.78 is 4.88. The average molecular weight is 235 g/mol. The van der Waals surface area contributed by atoms with E-state index in [2.05, 4.69) is 22.5 Å². The summed E-state index contributed by atoms with van der Waals surface area (Å²) in [5, 5.41) is 0. The monoisotopic (exact) mass is 234 g/mol. The van der Waals surface area contributed by atoms with Gasteiger partial charge in [-0.05, 0) is 5.41 Å². The van der Waals surface area contributed by atoms with Crippen LogP contribution in [-0.4, -0.2) is 17.4 Å². The molecule has 0 aliphatic heterocycles. The van der Waals surface area contributed by atoms with Crippen LogP contribution >= 0.6 is 15.9 Å². The Bertz CT molecular complexity index is 170. The van der Waals surface area contributed by atoms with E-state index in [1.165, 1.54) is 0 Å². The number of hydrogen-bond donors (Lipinski definition) is 0. The van der Waals surface area contributed by atoms with Crippen molar-refractivity contribution in [2.24, 2.45) is 5.41 Å². The molecule has 2 nitrogen and oxygen atoms in total. The Morgan fingerprint density at radius 1 is 1.67 bits per heavy atom. The van der Waals surface area contributed by atoms with E-state index in [0.717, 1.165) is 0 Å². The molecule has 1 atom stereocenters. The number of halogens is 1. The first-order valence-electron chi connectivity index (χ1n) is 3.81. The van der Waals surface area contributed by atoms with Crippen molar-refractivity contribution in [2.75, 3.05) is 6.61 Å². The lowest BCUT2D eigenvalue weighted by molar-refractivity contribution is -0.143. The third-order valence-corrected chi connectivity index (χ3v) is 3.06. The lowest BCUT2D eigenvalue weighted by Crippen LogP contribution is -2.30. The van der Waals surface area contributed by atoms with Gasteiger partial charge in [-0.1, -0.05) is 49.4 Å². The zero-order valence-corrected chi connectivity index (χ0v) is 9.35. The van der Waals surface area contributed by atoms with Gasteiger partial charge in [0.1, 0.15) is 11.4 Å². The predicted octanol–water partition coefficient (Wildman–Crippen LogP) is 2.53. The molecule has 0 aliphatic carbocycles. The van der Waals surface area contributed by atoms with E-state index in [9.17, 15) is 4.79 Å². The third kappa shape index (κ3) is 3.90. The minimum Gasteiger partial charge on any atom is -0.461 e. The second-order valence-corrected chi connectivity index (χ2v) is 4.56. The quantitative estimate of drug-likeness (QED) is 0.427. The van der Waals surface area contributed by atoms with Crippen molar-refractivity contribution in [1.82, 2.24) is 0 Å². The SMILES string of the molecule is C=CCOC(=O)C(Br)C(C)(C)C. The van der Waals surface area contributed by atoms with Crippen LogP contribution in [0.4, 0.5) is 0 Å². The molecule has 3 heteroatoms. The number of esters is 1. The molecule has 0 aromatic carbocycles. The molecule has 0 saturated carbocycles. The van der Waals surface area contributed by atoms with E-state index in [1.54, 1.807) is 6.08 Å². The Morgan fingerprint density at radius 2 is 2.17 bits per heavy atom. The van der Waals surface area contributed by atoms with Crippen LogP contribution in [0, 0.1) is 5.41 Å². The van der Waals surface area contributed by atoms with E-state index in [-0.39, 0.29) is 22.8 Å². The summed E-state index contributed by atoms with van der Waals surface area (Å²) in [6, 6.07) is 0. The predicted molar refractivity (Wildman–Crippen MR) is 53.3 cm³/mol. The molecule has 0 aliphatic rings. The first kappa shape index (κ1) is 11.7. The third-order valence-electron chi connectivity index (χ3n) is 1.31. The van der Waals surface area contributed by atoms with Crippen LogP contribution in [0.3, 0.4) is 0 Å². The Kier molecular flexibility index (Phi) is 4.53. The summed E-state index contributed by atoms with van der Waals surface area (Å²) in [7, 11) is 0. The Hall–Kier alpha value is -0.310. The van der Waals surface area contributed by atoms with Gasteiger partial charge in [0.25, 0.3) is 0 Å². The molecule has 0 bridgehead atoms. The van der Waals surface area contributed by atoms with Crippen molar-refractivity contribution in [3.63, 3.8) is 0 Å². The van der Waals surface area contributed by atoms with Gasteiger partial charge in [-0.25, -0.2) is 0 Å². The van der Waals surface area contributed by atoms with E-state index < -0.39 is 0 Å². The molecule has 0 N–H and O–H groups in total. The van der Waals surface area contributed by atoms with Crippen LogP contribution in [0.5, 0.6) is 0 Å². The van der Waals surface area contributed by atoms with Gasteiger partial charge >= 0.3 is 5.97 Å².